The number of hydrogen-bond acceptors (Lipinski definition) is 5. The molecular formula is C11H18N4O. The first-order valence-electron chi connectivity index (χ1n) is 5.68. The van der Waals surface area contributed by atoms with Gasteiger partial charge in [-0.05, 0) is 19.3 Å². The van der Waals surface area contributed by atoms with Gasteiger partial charge in [0.25, 0.3) is 0 Å². The molecule has 0 aromatic carbocycles. The summed E-state index contributed by atoms with van der Waals surface area (Å²) in [4.78, 5) is 10.6. The van der Waals surface area contributed by atoms with E-state index in [0.29, 0.717) is 18.5 Å². The molecule has 1 aromatic rings. The zero-order chi connectivity index (χ0) is 11.4. The zero-order valence-corrected chi connectivity index (χ0v) is 9.59. The molecule has 0 spiro atoms. The van der Waals surface area contributed by atoms with E-state index in [9.17, 15) is 0 Å². The highest BCUT2D eigenvalue weighted by Crippen LogP contribution is 2.28. The Bertz CT molecular complexity index is 341. The highest BCUT2D eigenvalue weighted by atomic mass is 16.5. The molecule has 1 heterocycles. The molecule has 16 heavy (non-hydrogen) atoms. The van der Waals surface area contributed by atoms with Gasteiger partial charge in [0, 0.05) is 25.2 Å². The lowest BCUT2D eigenvalue weighted by Crippen LogP contribution is -2.43. The van der Waals surface area contributed by atoms with E-state index in [4.69, 9.17) is 10.5 Å². The summed E-state index contributed by atoms with van der Waals surface area (Å²) in [6.07, 6.45) is 5.29. The molecule has 88 valence electrons. The second-order valence-electron chi connectivity index (χ2n) is 3.99. The third-order valence-electron chi connectivity index (χ3n) is 3.02. The molecule has 0 radical (unpaired) electrons. The number of hydrogen-bond donors (Lipinski definition) is 1. The Morgan fingerprint density at radius 1 is 1.50 bits per heavy atom. The maximum absolute atomic E-state index is 5.64. The monoisotopic (exact) mass is 222 g/mol. The number of methoxy groups -OCH3 is 1. The molecular weight excluding hydrogens is 204 g/mol. The minimum atomic E-state index is 0.586. The Hall–Kier alpha value is -1.36. The highest BCUT2D eigenvalue weighted by molar-refractivity contribution is 5.42. The highest BCUT2D eigenvalue weighted by Gasteiger charge is 2.25. The average molecular weight is 222 g/mol. The standard InChI is InChI=1S/C11H18N4O/c1-16-11-7-10(13-8-14-11)15(6-5-12)9-3-2-4-9/h7-9H,2-6,12H2,1H3. The van der Waals surface area contributed by atoms with Gasteiger partial charge in [0.1, 0.15) is 12.1 Å². The van der Waals surface area contributed by atoms with Crippen LogP contribution in [0.1, 0.15) is 19.3 Å². The fourth-order valence-corrected chi connectivity index (χ4v) is 1.92. The van der Waals surface area contributed by atoms with E-state index in [1.165, 1.54) is 25.6 Å². The third kappa shape index (κ3) is 2.24. The van der Waals surface area contributed by atoms with Crippen molar-refractivity contribution < 1.29 is 4.74 Å². The number of nitrogens with zero attached hydrogens (tertiary/aromatic N) is 3. The second kappa shape index (κ2) is 5.12. The topological polar surface area (TPSA) is 64.3 Å². The van der Waals surface area contributed by atoms with Gasteiger partial charge in [-0.1, -0.05) is 0 Å². The van der Waals surface area contributed by atoms with Crippen molar-refractivity contribution >= 4 is 5.82 Å². The predicted octanol–water partition coefficient (Wildman–Crippen LogP) is 0.803. The lowest BCUT2D eigenvalue weighted by atomic mass is 9.91. The molecule has 0 aliphatic heterocycles. The SMILES string of the molecule is COc1cc(N(CCN)C2CCC2)ncn1. The summed E-state index contributed by atoms with van der Waals surface area (Å²) in [5.41, 5.74) is 5.64. The van der Waals surface area contributed by atoms with Crippen molar-refractivity contribution in [1.29, 1.82) is 0 Å². The van der Waals surface area contributed by atoms with E-state index >= 15 is 0 Å². The molecule has 1 saturated carbocycles. The normalized spacial score (nSPS) is 15.6. The Kier molecular flexibility index (Phi) is 3.56. The van der Waals surface area contributed by atoms with E-state index < -0.39 is 0 Å². The van der Waals surface area contributed by atoms with Crippen LogP contribution in [0.25, 0.3) is 0 Å². The smallest absolute Gasteiger partial charge is 0.218 e. The number of anilines is 1. The first-order chi connectivity index (χ1) is 7.85. The molecule has 0 unspecified atom stereocenters. The van der Waals surface area contributed by atoms with Crippen LogP contribution in [0.3, 0.4) is 0 Å². The Morgan fingerprint density at radius 2 is 2.31 bits per heavy atom. The van der Waals surface area contributed by atoms with Crippen molar-refractivity contribution in [3.63, 3.8) is 0 Å². The van der Waals surface area contributed by atoms with Gasteiger partial charge in [-0.2, -0.15) is 0 Å². The molecule has 0 amide bonds. The molecule has 0 saturated heterocycles. The van der Waals surface area contributed by atoms with E-state index in [-0.39, 0.29) is 0 Å². The summed E-state index contributed by atoms with van der Waals surface area (Å²) >= 11 is 0. The molecule has 2 rings (SSSR count). The number of nitrogens with two attached hydrogens (primary N) is 1. The molecule has 1 aliphatic rings. The Labute approximate surface area is 95.6 Å². The summed E-state index contributed by atoms with van der Waals surface area (Å²) in [7, 11) is 1.61. The van der Waals surface area contributed by atoms with Gasteiger partial charge in [0.05, 0.1) is 7.11 Å². The molecule has 1 fully saturated rings. The minimum Gasteiger partial charge on any atom is -0.481 e. The van der Waals surface area contributed by atoms with Crippen LogP contribution in [-0.4, -0.2) is 36.2 Å². The lowest BCUT2D eigenvalue weighted by Gasteiger charge is -2.38. The molecule has 1 aliphatic carbocycles. The molecule has 2 N–H and O–H groups in total. The molecule has 5 nitrogen and oxygen atoms in total. The van der Waals surface area contributed by atoms with Crippen LogP contribution >= 0.6 is 0 Å². The fourth-order valence-electron chi connectivity index (χ4n) is 1.92. The van der Waals surface area contributed by atoms with Gasteiger partial charge in [0.2, 0.25) is 5.88 Å². The predicted molar refractivity (Wildman–Crippen MR) is 62.6 cm³/mol. The maximum atomic E-state index is 5.64. The quantitative estimate of drug-likeness (QED) is 0.798. The van der Waals surface area contributed by atoms with Crippen LogP contribution in [-0.2, 0) is 0 Å². The first-order valence-corrected chi connectivity index (χ1v) is 5.68. The average Bonchev–Trinajstić information content (AvgIpc) is 2.26. The van der Waals surface area contributed by atoms with Gasteiger partial charge >= 0.3 is 0 Å². The van der Waals surface area contributed by atoms with E-state index in [1.54, 1.807) is 7.11 Å². The van der Waals surface area contributed by atoms with Crippen molar-refractivity contribution in [2.45, 2.75) is 25.3 Å². The van der Waals surface area contributed by atoms with Gasteiger partial charge in [-0.25, -0.2) is 9.97 Å². The lowest BCUT2D eigenvalue weighted by molar-refractivity contribution is 0.380. The first kappa shape index (κ1) is 11.1. The van der Waals surface area contributed by atoms with Crippen molar-refractivity contribution in [2.75, 3.05) is 25.1 Å². The number of ether oxygens (including phenoxy) is 1. The van der Waals surface area contributed by atoms with E-state index in [0.717, 1.165) is 12.4 Å². The molecule has 1 aromatic heterocycles. The van der Waals surface area contributed by atoms with Gasteiger partial charge < -0.3 is 15.4 Å². The van der Waals surface area contributed by atoms with Crippen LogP contribution < -0.4 is 15.4 Å². The summed E-state index contributed by atoms with van der Waals surface area (Å²) in [5, 5.41) is 0. The molecule has 0 atom stereocenters. The van der Waals surface area contributed by atoms with Crippen LogP contribution in [0.4, 0.5) is 5.82 Å². The zero-order valence-electron chi connectivity index (χ0n) is 9.59. The largest absolute Gasteiger partial charge is 0.481 e. The summed E-state index contributed by atoms with van der Waals surface area (Å²) < 4.78 is 5.11. The van der Waals surface area contributed by atoms with Gasteiger partial charge in [-0.15, -0.1) is 0 Å². The minimum absolute atomic E-state index is 0.586. The molecule has 0 bridgehead atoms. The van der Waals surface area contributed by atoms with Crippen LogP contribution in [0.2, 0.25) is 0 Å². The Balaban J connectivity index is 2.16. The maximum Gasteiger partial charge on any atom is 0.218 e. The Morgan fingerprint density at radius 3 is 2.88 bits per heavy atom. The van der Waals surface area contributed by atoms with E-state index in [1.807, 2.05) is 6.07 Å². The van der Waals surface area contributed by atoms with Gasteiger partial charge in [-0.3, -0.25) is 0 Å². The third-order valence-corrected chi connectivity index (χ3v) is 3.02. The van der Waals surface area contributed by atoms with Crippen molar-refractivity contribution in [3.05, 3.63) is 12.4 Å². The van der Waals surface area contributed by atoms with E-state index in [2.05, 4.69) is 14.9 Å². The van der Waals surface area contributed by atoms with Gasteiger partial charge in [0.15, 0.2) is 0 Å². The number of aromatic nitrogens is 2. The van der Waals surface area contributed by atoms with Crippen molar-refractivity contribution in [3.8, 4) is 5.88 Å². The second-order valence-corrected chi connectivity index (χ2v) is 3.99. The van der Waals surface area contributed by atoms with Crippen LogP contribution in [0.15, 0.2) is 12.4 Å². The van der Waals surface area contributed by atoms with Crippen molar-refractivity contribution in [2.24, 2.45) is 5.73 Å². The van der Waals surface area contributed by atoms with Crippen LogP contribution in [0.5, 0.6) is 5.88 Å². The molecule has 5 heteroatoms. The summed E-state index contributed by atoms with van der Waals surface area (Å²) in [6.45, 7) is 1.48. The van der Waals surface area contributed by atoms with Crippen LogP contribution in [0, 0.1) is 0 Å². The van der Waals surface area contributed by atoms with Crippen molar-refractivity contribution in [1.82, 2.24) is 9.97 Å². The summed E-state index contributed by atoms with van der Waals surface area (Å²) in [6, 6.07) is 2.46. The number of rotatable bonds is 5. The fraction of sp³-hybridized carbons (Fsp3) is 0.636. The summed E-state index contributed by atoms with van der Waals surface area (Å²) in [5.74, 6) is 1.52.